The van der Waals surface area contributed by atoms with Gasteiger partial charge in [0.15, 0.2) is 10.8 Å². The second-order valence-electron chi connectivity index (χ2n) is 7.79. The third-order valence-corrected chi connectivity index (χ3v) is 6.45. The standard InChI is InChI=1S/C24H18N6O4S/c31-21(30-18(20-9-5-11-34-20)12-17(28-30)19-8-4-10-33-19)14-35-24-26-22-16(23(32)27-24)13-25-29(22)15-6-2-1-3-7-15/h1-11,13,18H,12,14H2,(H,26,27,32). The molecule has 0 spiro atoms. The fourth-order valence-electron chi connectivity index (χ4n) is 3.96. The average Bonchev–Trinajstić information content (AvgIpc) is 3.68. The molecular formula is C24H18N6O4S. The fourth-order valence-corrected chi connectivity index (χ4v) is 4.66. The minimum Gasteiger partial charge on any atom is -0.467 e. The van der Waals surface area contributed by atoms with Crippen LogP contribution in [0.1, 0.15) is 24.0 Å². The first-order valence-electron chi connectivity index (χ1n) is 10.8. The van der Waals surface area contributed by atoms with Crippen molar-refractivity contribution in [1.29, 1.82) is 0 Å². The number of aromatic nitrogens is 4. The summed E-state index contributed by atoms with van der Waals surface area (Å²) in [6.07, 6.45) is 5.08. The number of aromatic amines is 1. The number of rotatable bonds is 6. The molecule has 0 bridgehead atoms. The molecule has 0 aliphatic carbocycles. The first-order chi connectivity index (χ1) is 17.2. The van der Waals surface area contributed by atoms with Crippen LogP contribution in [-0.2, 0) is 4.79 Å². The molecule has 0 fully saturated rings. The lowest BCUT2D eigenvalue weighted by Gasteiger charge is -2.19. The summed E-state index contributed by atoms with van der Waals surface area (Å²) in [4.78, 5) is 33.1. The Kier molecular flexibility index (Phi) is 5.30. The maximum absolute atomic E-state index is 13.2. The molecule has 10 nitrogen and oxygen atoms in total. The van der Waals surface area contributed by atoms with E-state index in [1.54, 1.807) is 35.4 Å². The molecule has 174 valence electrons. The van der Waals surface area contributed by atoms with Crippen molar-refractivity contribution in [3.8, 4) is 5.69 Å². The molecule has 1 unspecified atom stereocenters. The molecule has 1 N–H and O–H groups in total. The lowest BCUT2D eigenvalue weighted by Crippen LogP contribution is -2.28. The normalized spacial score (nSPS) is 15.6. The molecule has 0 saturated carbocycles. The van der Waals surface area contributed by atoms with Crippen molar-refractivity contribution in [1.82, 2.24) is 24.8 Å². The van der Waals surface area contributed by atoms with E-state index in [9.17, 15) is 9.59 Å². The Balaban J connectivity index is 1.26. The number of para-hydroxylation sites is 1. The summed E-state index contributed by atoms with van der Waals surface area (Å²) in [6, 6.07) is 16.2. The van der Waals surface area contributed by atoms with Crippen LogP contribution in [0.2, 0.25) is 0 Å². The van der Waals surface area contributed by atoms with Crippen LogP contribution in [0, 0.1) is 0 Å². The summed E-state index contributed by atoms with van der Waals surface area (Å²) in [6.45, 7) is 0. The molecule has 1 amide bonds. The highest BCUT2D eigenvalue weighted by atomic mass is 32.2. The number of hydrogen-bond donors (Lipinski definition) is 1. The van der Waals surface area contributed by atoms with Crippen molar-refractivity contribution in [2.75, 3.05) is 5.75 Å². The number of furan rings is 2. The van der Waals surface area contributed by atoms with Crippen molar-refractivity contribution in [2.45, 2.75) is 17.6 Å². The first kappa shape index (κ1) is 21.2. The Bertz CT molecular complexity index is 1570. The lowest BCUT2D eigenvalue weighted by molar-refractivity contribution is -0.130. The SMILES string of the molecule is O=C(CSc1nc2c(cnn2-c2ccccc2)c(=O)[nH]1)N1N=C(c2ccco2)CC1c1ccco1. The van der Waals surface area contributed by atoms with Crippen molar-refractivity contribution >= 4 is 34.4 Å². The van der Waals surface area contributed by atoms with E-state index in [1.165, 1.54) is 11.2 Å². The van der Waals surface area contributed by atoms with Crippen LogP contribution >= 0.6 is 11.8 Å². The van der Waals surface area contributed by atoms with Gasteiger partial charge in [0, 0.05) is 6.42 Å². The number of amides is 1. The van der Waals surface area contributed by atoms with Crippen LogP contribution in [0.15, 0.2) is 97.2 Å². The number of benzene rings is 1. The van der Waals surface area contributed by atoms with Gasteiger partial charge in [0.05, 0.1) is 30.2 Å². The zero-order valence-corrected chi connectivity index (χ0v) is 19.0. The molecule has 5 heterocycles. The Labute approximate surface area is 202 Å². The Morgan fingerprint density at radius 3 is 2.69 bits per heavy atom. The van der Waals surface area contributed by atoms with Crippen molar-refractivity contribution in [2.24, 2.45) is 5.10 Å². The lowest BCUT2D eigenvalue weighted by atomic mass is 10.1. The van der Waals surface area contributed by atoms with Crippen LogP contribution in [0.3, 0.4) is 0 Å². The number of thioether (sulfide) groups is 1. The molecule has 1 aromatic carbocycles. The minimum absolute atomic E-state index is 0.0140. The molecule has 0 radical (unpaired) electrons. The average molecular weight is 487 g/mol. The number of H-pyrrole nitrogens is 1. The van der Waals surface area contributed by atoms with E-state index in [-0.39, 0.29) is 23.3 Å². The van der Waals surface area contributed by atoms with Gasteiger partial charge in [-0.15, -0.1) is 0 Å². The number of nitrogens with one attached hydrogen (secondary N) is 1. The van der Waals surface area contributed by atoms with Crippen LogP contribution in [-0.4, -0.2) is 42.1 Å². The third-order valence-electron chi connectivity index (χ3n) is 5.59. The van der Waals surface area contributed by atoms with Gasteiger partial charge < -0.3 is 13.8 Å². The van der Waals surface area contributed by atoms with Crippen molar-refractivity contribution in [3.63, 3.8) is 0 Å². The van der Waals surface area contributed by atoms with Gasteiger partial charge in [0.1, 0.15) is 28.7 Å². The number of nitrogens with zero attached hydrogens (tertiary/aromatic N) is 5. The van der Waals surface area contributed by atoms with Gasteiger partial charge in [-0.05, 0) is 36.4 Å². The van der Waals surface area contributed by atoms with Gasteiger partial charge in [-0.2, -0.15) is 10.2 Å². The minimum atomic E-state index is -0.382. The first-order valence-corrected chi connectivity index (χ1v) is 11.8. The van der Waals surface area contributed by atoms with Crippen molar-refractivity contribution in [3.05, 3.63) is 95.2 Å². The molecule has 11 heteroatoms. The summed E-state index contributed by atoms with van der Waals surface area (Å²) in [5.74, 6) is 1.00. The number of carbonyl (C=O) groups excluding carboxylic acids is 1. The van der Waals surface area contributed by atoms with Gasteiger partial charge in [-0.3, -0.25) is 9.59 Å². The molecule has 5 aromatic rings. The summed E-state index contributed by atoms with van der Waals surface area (Å²) in [5, 5.41) is 10.9. The summed E-state index contributed by atoms with van der Waals surface area (Å²) < 4.78 is 12.6. The second kappa shape index (κ2) is 8.76. The van der Waals surface area contributed by atoms with Crippen LogP contribution in [0.5, 0.6) is 0 Å². The molecule has 35 heavy (non-hydrogen) atoms. The highest BCUT2D eigenvalue weighted by molar-refractivity contribution is 7.99. The summed E-state index contributed by atoms with van der Waals surface area (Å²) in [7, 11) is 0. The molecule has 4 aromatic heterocycles. The van der Waals surface area contributed by atoms with E-state index >= 15 is 0 Å². The zero-order chi connectivity index (χ0) is 23.8. The Hall–Kier alpha value is -4.38. The largest absolute Gasteiger partial charge is 0.467 e. The van der Waals surface area contributed by atoms with Gasteiger partial charge in [-0.25, -0.2) is 14.7 Å². The maximum atomic E-state index is 13.2. The van der Waals surface area contributed by atoms with E-state index in [0.29, 0.717) is 39.8 Å². The van der Waals surface area contributed by atoms with E-state index in [2.05, 4.69) is 20.2 Å². The number of hydrogen-bond acceptors (Lipinski definition) is 8. The number of hydrazone groups is 1. The Morgan fingerprint density at radius 1 is 1.09 bits per heavy atom. The fraction of sp³-hybridized carbons (Fsp3) is 0.125. The smallest absolute Gasteiger partial charge is 0.262 e. The van der Waals surface area contributed by atoms with Crippen LogP contribution in [0.25, 0.3) is 16.7 Å². The quantitative estimate of drug-likeness (QED) is 0.286. The topological polar surface area (TPSA) is 123 Å². The van der Waals surface area contributed by atoms with E-state index in [4.69, 9.17) is 8.83 Å². The van der Waals surface area contributed by atoms with Crippen LogP contribution in [0.4, 0.5) is 0 Å². The van der Waals surface area contributed by atoms with E-state index in [1.807, 2.05) is 36.4 Å². The maximum Gasteiger partial charge on any atom is 0.262 e. The van der Waals surface area contributed by atoms with Gasteiger partial charge in [-0.1, -0.05) is 30.0 Å². The predicted octanol–water partition coefficient (Wildman–Crippen LogP) is 3.76. The highest BCUT2D eigenvalue weighted by Gasteiger charge is 2.35. The van der Waals surface area contributed by atoms with Crippen LogP contribution < -0.4 is 5.56 Å². The highest BCUT2D eigenvalue weighted by Crippen LogP contribution is 2.34. The summed E-state index contributed by atoms with van der Waals surface area (Å²) >= 11 is 1.13. The van der Waals surface area contributed by atoms with E-state index < -0.39 is 0 Å². The van der Waals surface area contributed by atoms with Gasteiger partial charge in [0.25, 0.3) is 11.5 Å². The Morgan fingerprint density at radius 2 is 1.91 bits per heavy atom. The van der Waals surface area contributed by atoms with Crippen molar-refractivity contribution < 1.29 is 13.6 Å². The summed E-state index contributed by atoms with van der Waals surface area (Å²) in [5.41, 5.74) is 1.54. The van der Waals surface area contributed by atoms with Gasteiger partial charge >= 0.3 is 0 Å². The molecule has 6 rings (SSSR count). The zero-order valence-electron chi connectivity index (χ0n) is 18.2. The molecular weight excluding hydrogens is 468 g/mol. The third kappa shape index (κ3) is 3.95. The number of carbonyl (C=O) groups is 1. The van der Waals surface area contributed by atoms with E-state index in [0.717, 1.165) is 17.4 Å². The molecule has 1 aliphatic heterocycles. The molecule has 1 aliphatic rings. The number of fused-ring (bicyclic) bond motifs is 1. The van der Waals surface area contributed by atoms with Gasteiger partial charge in [0.2, 0.25) is 0 Å². The predicted molar refractivity (Wildman–Crippen MR) is 128 cm³/mol. The molecule has 0 saturated heterocycles. The second-order valence-corrected chi connectivity index (χ2v) is 8.75. The molecule has 1 atom stereocenters. The monoisotopic (exact) mass is 486 g/mol.